The van der Waals surface area contributed by atoms with Gasteiger partial charge in [-0.3, -0.25) is 4.90 Å². The van der Waals surface area contributed by atoms with Crippen molar-refractivity contribution in [2.45, 2.75) is 24.9 Å². The SMILES string of the molecule is CN(Cc1ccn(-c2cccc(F)c2)n1)C1CC1c1ccccc1. The molecule has 0 bridgehead atoms. The van der Waals surface area contributed by atoms with E-state index in [1.807, 2.05) is 18.3 Å². The first-order valence-corrected chi connectivity index (χ1v) is 8.26. The maximum Gasteiger partial charge on any atom is 0.125 e. The lowest BCUT2D eigenvalue weighted by atomic mass is 10.1. The Hall–Kier alpha value is -2.46. The molecule has 3 aromatic rings. The summed E-state index contributed by atoms with van der Waals surface area (Å²) >= 11 is 0. The summed E-state index contributed by atoms with van der Waals surface area (Å²) in [4.78, 5) is 2.36. The molecule has 1 aliphatic carbocycles. The summed E-state index contributed by atoms with van der Waals surface area (Å²) in [5.74, 6) is 0.381. The number of benzene rings is 2. The number of rotatable bonds is 5. The van der Waals surface area contributed by atoms with Gasteiger partial charge < -0.3 is 0 Å². The van der Waals surface area contributed by atoms with Crippen LogP contribution in [-0.2, 0) is 6.54 Å². The van der Waals surface area contributed by atoms with Crippen molar-refractivity contribution in [2.75, 3.05) is 7.05 Å². The van der Waals surface area contributed by atoms with E-state index in [1.165, 1.54) is 24.1 Å². The number of likely N-dealkylation sites (N-methyl/N-ethyl adjacent to an activating group) is 1. The van der Waals surface area contributed by atoms with E-state index in [4.69, 9.17) is 0 Å². The first-order chi connectivity index (χ1) is 11.7. The van der Waals surface area contributed by atoms with Crippen LogP contribution in [-0.4, -0.2) is 27.8 Å². The van der Waals surface area contributed by atoms with Crippen molar-refractivity contribution in [3.63, 3.8) is 0 Å². The van der Waals surface area contributed by atoms with Gasteiger partial charge in [0, 0.05) is 24.7 Å². The predicted molar refractivity (Wildman–Crippen MR) is 92.6 cm³/mol. The Morgan fingerprint density at radius 3 is 2.75 bits per heavy atom. The van der Waals surface area contributed by atoms with E-state index in [9.17, 15) is 4.39 Å². The van der Waals surface area contributed by atoms with Crippen LogP contribution in [0, 0.1) is 5.82 Å². The van der Waals surface area contributed by atoms with Crippen LogP contribution in [0.5, 0.6) is 0 Å². The van der Waals surface area contributed by atoms with Gasteiger partial charge in [-0.1, -0.05) is 36.4 Å². The number of halogens is 1. The third kappa shape index (κ3) is 3.10. The summed E-state index contributed by atoms with van der Waals surface area (Å²) in [5, 5.41) is 4.58. The maximum absolute atomic E-state index is 13.3. The average Bonchev–Trinajstić information content (AvgIpc) is 3.28. The van der Waals surface area contributed by atoms with E-state index in [1.54, 1.807) is 10.7 Å². The van der Waals surface area contributed by atoms with Gasteiger partial charge in [0.25, 0.3) is 0 Å². The average molecular weight is 321 g/mol. The Morgan fingerprint density at radius 2 is 1.96 bits per heavy atom. The molecule has 3 nitrogen and oxygen atoms in total. The second-order valence-corrected chi connectivity index (χ2v) is 6.47. The van der Waals surface area contributed by atoms with E-state index < -0.39 is 0 Å². The fraction of sp³-hybridized carbons (Fsp3) is 0.250. The molecule has 2 aromatic carbocycles. The van der Waals surface area contributed by atoms with Crippen LogP contribution in [0.3, 0.4) is 0 Å². The third-order valence-electron chi connectivity index (χ3n) is 4.68. The number of aromatic nitrogens is 2. The zero-order valence-electron chi connectivity index (χ0n) is 13.6. The van der Waals surface area contributed by atoms with Gasteiger partial charge in [-0.2, -0.15) is 5.10 Å². The standard InChI is InChI=1S/C20H20FN3/c1-23(20-13-19(20)15-6-3-2-4-7-15)14-17-10-11-24(22-17)18-9-5-8-16(21)12-18/h2-12,19-20H,13-14H2,1H3. The fourth-order valence-corrected chi connectivity index (χ4v) is 3.31. The van der Waals surface area contributed by atoms with Crippen molar-refractivity contribution in [1.29, 1.82) is 0 Å². The predicted octanol–water partition coefficient (Wildman–Crippen LogP) is 4.00. The van der Waals surface area contributed by atoms with E-state index in [-0.39, 0.29) is 5.82 Å². The van der Waals surface area contributed by atoms with E-state index in [0.29, 0.717) is 12.0 Å². The fourth-order valence-electron chi connectivity index (χ4n) is 3.31. The molecular weight excluding hydrogens is 301 g/mol. The smallest absolute Gasteiger partial charge is 0.125 e. The summed E-state index contributed by atoms with van der Waals surface area (Å²) in [6, 6.07) is 19.7. The van der Waals surface area contributed by atoms with E-state index in [2.05, 4.69) is 47.4 Å². The third-order valence-corrected chi connectivity index (χ3v) is 4.68. The zero-order valence-corrected chi connectivity index (χ0v) is 13.6. The number of hydrogen-bond donors (Lipinski definition) is 0. The molecule has 0 amide bonds. The van der Waals surface area contributed by atoms with Gasteiger partial charge in [0.2, 0.25) is 0 Å². The lowest BCUT2D eigenvalue weighted by molar-refractivity contribution is 0.306. The van der Waals surface area contributed by atoms with Gasteiger partial charge in [-0.05, 0) is 43.3 Å². The van der Waals surface area contributed by atoms with Crippen LogP contribution in [0.15, 0.2) is 66.9 Å². The van der Waals surface area contributed by atoms with Crippen molar-refractivity contribution in [2.24, 2.45) is 0 Å². The molecular formula is C20H20FN3. The molecule has 4 rings (SSSR count). The minimum atomic E-state index is -0.245. The summed E-state index contributed by atoms with van der Waals surface area (Å²) in [6.45, 7) is 0.802. The Kier molecular flexibility index (Phi) is 3.90. The molecule has 1 aliphatic rings. The van der Waals surface area contributed by atoms with Crippen molar-refractivity contribution in [3.8, 4) is 5.69 Å². The van der Waals surface area contributed by atoms with E-state index in [0.717, 1.165) is 17.9 Å². The molecule has 0 saturated heterocycles. The molecule has 24 heavy (non-hydrogen) atoms. The highest BCUT2D eigenvalue weighted by Gasteiger charge is 2.41. The molecule has 122 valence electrons. The first-order valence-electron chi connectivity index (χ1n) is 8.26. The molecule has 0 N–H and O–H groups in total. The Bertz CT molecular complexity index is 828. The number of hydrogen-bond acceptors (Lipinski definition) is 2. The number of nitrogens with zero attached hydrogens (tertiary/aromatic N) is 3. The highest BCUT2D eigenvalue weighted by molar-refractivity contribution is 5.31. The van der Waals surface area contributed by atoms with Crippen LogP contribution in [0.4, 0.5) is 4.39 Å². The van der Waals surface area contributed by atoms with Crippen LogP contribution in [0.2, 0.25) is 0 Å². The molecule has 0 spiro atoms. The lowest BCUT2D eigenvalue weighted by Crippen LogP contribution is -2.21. The zero-order chi connectivity index (χ0) is 16.5. The lowest BCUT2D eigenvalue weighted by Gasteiger charge is -2.15. The molecule has 0 aliphatic heterocycles. The molecule has 0 radical (unpaired) electrons. The molecule has 2 unspecified atom stereocenters. The molecule has 1 heterocycles. The van der Waals surface area contributed by atoms with Crippen molar-refractivity contribution >= 4 is 0 Å². The highest BCUT2D eigenvalue weighted by Crippen LogP contribution is 2.44. The second-order valence-electron chi connectivity index (χ2n) is 6.47. The van der Waals surface area contributed by atoms with Crippen LogP contribution >= 0.6 is 0 Å². The largest absolute Gasteiger partial charge is 0.297 e. The van der Waals surface area contributed by atoms with Gasteiger partial charge in [-0.25, -0.2) is 9.07 Å². The summed E-state index contributed by atoms with van der Waals surface area (Å²) in [6.07, 6.45) is 3.09. The molecule has 4 heteroatoms. The maximum atomic E-state index is 13.3. The van der Waals surface area contributed by atoms with E-state index >= 15 is 0 Å². The van der Waals surface area contributed by atoms with Crippen molar-refractivity contribution in [3.05, 3.63) is 83.9 Å². The quantitative estimate of drug-likeness (QED) is 0.708. The first kappa shape index (κ1) is 15.1. The monoisotopic (exact) mass is 321 g/mol. The minimum absolute atomic E-state index is 0.245. The van der Waals surface area contributed by atoms with Crippen LogP contribution in [0.25, 0.3) is 5.69 Å². The Balaban J connectivity index is 1.41. The van der Waals surface area contributed by atoms with Gasteiger partial charge in [0.1, 0.15) is 5.82 Å². The molecule has 1 aromatic heterocycles. The summed E-state index contributed by atoms with van der Waals surface area (Å²) in [7, 11) is 2.15. The second kappa shape index (κ2) is 6.21. The molecule has 1 fully saturated rings. The minimum Gasteiger partial charge on any atom is -0.297 e. The van der Waals surface area contributed by atoms with Crippen molar-refractivity contribution in [1.82, 2.24) is 14.7 Å². The highest BCUT2D eigenvalue weighted by atomic mass is 19.1. The van der Waals surface area contributed by atoms with Gasteiger partial charge in [0.15, 0.2) is 0 Å². The topological polar surface area (TPSA) is 21.1 Å². The molecule has 2 atom stereocenters. The van der Waals surface area contributed by atoms with Crippen molar-refractivity contribution < 1.29 is 4.39 Å². The summed E-state index contributed by atoms with van der Waals surface area (Å²) in [5.41, 5.74) is 3.16. The van der Waals surface area contributed by atoms with Crippen LogP contribution in [0.1, 0.15) is 23.6 Å². The van der Waals surface area contributed by atoms with Gasteiger partial charge in [0.05, 0.1) is 11.4 Å². The van der Waals surface area contributed by atoms with Gasteiger partial charge >= 0.3 is 0 Å². The normalized spacial score (nSPS) is 19.6. The summed E-state index contributed by atoms with van der Waals surface area (Å²) < 4.78 is 15.1. The Morgan fingerprint density at radius 1 is 1.12 bits per heavy atom. The van der Waals surface area contributed by atoms with Gasteiger partial charge in [-0.15, -0.1) is 0 Å². The Labute approximate surface area is 141 Å². The molecule has 1 saturated carbocycles. The van der Waals surface area contributed by atoms with Crippen LogP contribution < -0.4 is 0 Å².